The van der Waals surface area contributed by atoms with Gasteiger partial charge in [0.25, 0.3) is 0 Å². The van der Waals surface area contributed by atoms with Crippen molar-refractivity contribution in [2.45, 2.75) is 26.2 Å². The SMILES string of the molecule is CCOc1ccc(NC(=O)CCCC(=O)c2cccs2)cc1. The summed E-state index contributed by atoms with van der Waals surface area (Å²) in [6, 6.07) is 10.9. The topological polar surface area (TPSA) is 55.4 Å². The van der Waals surface area contributed by atoms with E-state index in [2.05, 4.69) is 5.32 Å². The molecule has 2 aromatic rings. The van der Waals surface area contributed by atoms with E-state index in [0.29, 0.717) is 25.9 Å². The van der Waals surface area contributed by atoms with Gasteiger partial charge in [-0.15, -0.1) is 11.3 Å². The maximum absolute atomic E-state index is 11.8. The fourth-order valence-corrected chi connectivity index (χ4v) is 2.69. The smallest absolute Gasteiger partial charge is 0.224 e. The van der Waals surface area contributed by atoms with Gasteiger partial charge in [-0.2, -0.15) is 0 Å². The summed E-state index contributed by atoms with van der Waals surface area (Å²) >= 11 is 1.44. The second kappa shape index (κ2) is 8.34. The summed E-state index contributed by atoms with van der Waals surface area (Å²) in [7, 11) is 0. The van der Waals surface area contributed by atoms with Crippen LogP contribution in [-0.4, -0.2) is 18.3 Å². The average molecular weight is 317 g/mol. The van der Waals surface area contributed by atoms with Crippen LogP contribution in [0.15, 0.2) is 41.8 Å². The maximum atomic E-state index is 11.8. The molecule has 0 bridgehead atoms. The summed E-state index contributed by atoms with van der Waals surface area (Å²) in [6.07, 6.45) is 1.29. The van der Waals surface area contributed by atoms with Crippen LogP contribution >= 0.6 is 11.3 Å². The number of hydrogen-bond acceptors (Lipinski definition) is 4. The molecule has 0 aliphatic rings. The van der Waals surface area contributed by atoms with Crippen LogP contribution in [0.3, 0.4) is 0 Å². The molecule has 116 valence electrons. The number of anilines is 1. The normalized spacial score (nSPS) is 10.2. The monoisotopic (exact) mass is 317 g/mol. The third kappa shape index (κ3) is 5.00. The van der Waals surface area contributed by atoms with Crippen LogP contribution < -0.4 is 10.1 Å². The van der Waals surface area contributed by atoms with Crippen LogP contribution in [0.2, 0.25) is 0 Å². The molecule has 0 unspecified atom stereocenters. The highest BCUT2D eigenvalue weighted by atomic mass is 32.1. The Balaban J connectivity index is 1.72. The first-order chi connectivity index (χ1) is 10.7. The van der Waals surface area contributed by atoms with Crippen molar-refractivity contribution in [3.8, 4) is 5.75 Å². The van der Waals surface area contributed by atoms with E-state index in [9.17, 15) is 9.59 Å². The predicted octanol–water partition coefficient (Wildman–Crippen LogP) is 4.14. The van der Waals surface area contributed by atoms with Crippen molar-refractivity contribution in [3.05, 3.63) is 46.7 Å². The molecule has 0 saturated carbocycles. The van der Waals surface area contributed by atoms with E-state index in [1.807, 2.05) is 36.6 Å². The summed E-state index contributed by atoms with van der Waals surface area (Å²) in [5.41, 5.74) is 0.734. The lowest BCUT2D eigenvalue weighted by Gasteiger charge is -2.07. The molecule has 0 radical (unpaired) electrons. The summed E-state index contributed by atoms with van der Waals surface area (Å²) in [5.74, 6) is 0.800. The third-order valence-corrected chi connectivity index (χ3v) is 3.96. The maximum Gasteiger partial charge on any atom is 0.224 e. The molecule has 1 aromatic carbocycles. The molecule has 0 atom stereocenters. The molecular weight excluding hydrogens is 298 g/mol. The number of hydrogen-bond donors (Lipinski definition) is 1. The highest BCUT2D eigenvalue weighted by Crippen LogP contribution is 2.16. The Bertz CT molecular complexity index is 605. The molecule has 1 amide bonds. The lowest BCUT2D eigenvalue weighted by molar-refractivity contribution is -0.116. The number of ketones is 1. The lowest BCUT2D eigenvalue weighted by Crippen LogP contribution is -2.11. The fraction of sp³-hybridized carbons (Fsp3) is 0.294. The lowest BCUT2D eigenvalue weighted by atomic mass is 10.1. The van der Waals surface area contributed by atoms with Gasteiger partial charge >= 0.3 is 0 Å². The predicted molar refractivity (Wildman–Crippen MR) is 88.7 cm³/mol. The van der Waals surface area contributed by atoms with Crippen molar-refractivity contribution < 1.29 is 14.3 Å². The van der Waals surface area contributed by atoms with Gasteiger partial charge in [-0.25, -0.2) is 0 Å². The zero-order valence-electron chi connectivity index (χ0n) is 12.5. The molecule has 0 spiro atoms. The van der Waals surface area contributed by atoms with Crippen molar-refractivity contribution in [2.75, 3.05) is 11.9 Å². The van der Waals surface area contributed by atoms with Gasteiger partial charge in [-0.05, 0) is 49.1 Å². The van der Waals surface area contributed by atoms with E-state index in [-0.39, 0.29) is 11.7 Å². The minimum absolute atomic E-state index is 0.0804. The van der Waals surface area contributed by atoms with Crippen LogP contribution in [-0.2, 0) is 4.79 Å². The van der Waals surface area contributed by atoms with Crippen molar-refractivity contribution in [2.24, 2.45) is 0 Å². The van der Waals surface area contributed by atoms with Gasteiger partial charge in [-0.1, -0.05) is 6.07 Å². The van der Waals surface area contributed by atoms with Gasteiger partial charge < -0.3 is 10.1 Å². The van der Waals surface area contributed by atoms with Gasteiger partial charge in [0, 0.05) is 18.5 Å². The first kappa shape index (κ1) is 16.2. The number of nitrogens with one attached hydrogen (secondary N) is 1. The molecule has 0 aliphatic heterocycles. The minimum atomic E-state index is -0.0804. The van der Waals surface area contributed by atoms with Crippen LogP contribution in [0.1, 0.15) is 35.9 Å². The van der Waals surface area contributed by atoms with Gasteiger partial charge in [0.1, 0.15) is 5.75 Å². The zero-order valence-corrected chi connectivity index (χ0v) is 13.3. The first-order valence-corrected chi connectivity index (χ1v) is 8.16. The Hall–Kier alpha value is -2.14. The zero-order chi connectivity index (χ0) is 15.8. The van der Waals surface area contributed by atoms with Crippen molar-refractivity contribution in [1.82, 2.24) is 0 Å². The molecular formula is C17H19NO3S. The quantitative estimate of drug-likeness (QED) is 0.745. The van der Waals surface area contributed by atoms with E-state index in [1.54, 1.807) is 12.1 Å². The molecule has 5 heteroatoms. The Kier molecular flexibility index (Phi) is 6.15. The number of amides is 1. The van der Waals surface area contributed by atoms with Gasteiger partial charge in [0.2, 0.25) is 5.91 Å². The summed E-state index contributed by atoms with van der Waals surface area (Å²) in [4.78, 5) is 24.4. The van der Waals surface area contributed by atoms with E-state index in [4.69, 9.17) is 4.74 Å². The highest BCUT2D eigenvalue weighted by molar-refractivity contribution is 7.12. The molecule has 2 rings (SSSR count). The number of rotatable bonds is 8. The van der Waals surface area contributed by atoms with Crippen LogP contribution in [0.25, 0.3) is 0 Å². The van der Waals surface area contributed by atoms with E-state index in [0.717, 1.165) is 16.3 Å². The Morgan fingerprint density at radius 3 is 2.55 bits per heavy atom. The molecule has 1 aromatic heterocycles. The first-order valence-electron chi connectivity index (χ1n) is 7.28. The van der Waals surface area contributed by atoms with Crippen LogP contribution in [0.4, 0.5) is 5.69 Å². The molecule has 0 saturated heterocycles. The summed E-state index contributed by atoms with van der Waals surface area (Å²) in [6.45, 7) is 2.54. The van der Waals surface area contributed by atoms with E-state index in [1.165, 1.54) is 11.3 Å². The molecule has 0 aliphatic carbocycles. The van der Waals surface area contributed by atoms with Crippen molar-refractivity contribution >= 4 is 28.7 Å². The van der Waals surface area contributed by atoms with Crippen LogP contribution in [0, 0.1) is 0 Å². The Labute approximate surface area is 134 Å². The highest BCUT2D eigenvalue weighted by Gasteiger charge is 2.08. The van der Waals surface area contributed by atoms with Gasteiger partial charge in [0.15, 0.2) is 5.78 Å². The van der Waals surface area contributed by atoms with E-state index >= 15 is 0 Å². The second-order valence-electron chi connectivity index (χ2n) is 4.76. The molecule has 22 heavy (non-hydrogen) atoms. The number of benzene rings is 1. The number of carbonyl (C=O) groups is 2. The number of ether oxygens (including phenoxy) is 1. The van der Waals surface area contributed by atoms with Gasteiger partial charge in [-0.3, -0.25) is 9.59 Å². The summed E-state index contributed by atoms with van der Waals surface area (Å²) < 4.78 is 5.34. The average Bonchev–Trinajstić information content (AvgIpc) is 3.04. The van der Waals surface area contributed by atoms with Crippen molar-refractivity contribution in [3.63, 3.8) is 0 Å². The molecule has 0 fully saturated rings. The number of carbonyl (C=O) groups excluding carboxylic acids is 2. The number of Topliss-reactive ketones (excluding diaryl/α,β-unsaturated/α-hetero) is 1. The molecule has 1 N–H and O–H groups in total. The van der Waals surface area contributed by atoms with Crippen molar-refractivity contribution in [1.29, 1.82) is 0 Å². The summed E-state index contributed by atoms with van der Waals surface area (Å²) in [5, 5.41) is 4.70. The third-order valence-electron chi connectivity index (χ3n) is 3.05. The molecule has 1 heterocycles. The Morgan fingerprint density at radius 1 is 1.14 bits per heavy atom. The second-order valence-corrected chi connectivity index (χ2v) is 5.71. The fourth-order valence-electron chi connectivity index (χ4n) is 1.99. The Morgan fingerprint density at radius 2 is 1.91 bits per heavy atom. The van der Waals surface area contributed by atoms with Gasteiger partial charge in [0.05, 0.1) is 11.5 Å². The minimum Gasteiger partial charge on any atom is -0.494 e. The molecule has 4 nitrogen and oxygen atoms in total. The van der Waals surface area contributed by atoms with Crippen LogP contribution in [0.5, 0.6) is 5.75 Å². The largest absolute Gasteiger partial charge is 0.494 e. The number of thiophene rings is 1. The standard InChI is InChI=1S/C17H19NO3S/c1-2-21-14-10-8-13(9-11-14)18-17(20)7-3-5-15(19)16-6-4-12-22-16/h4,6,8-12H,2-3,5,7H2,1H3,(H,18,20). The van der Waals surface area contributed by atoms with E-state index < -0.39 is 0 Å².